The number of anilines is 1. The maximum absolute atomic E-state index is 14.0. The normalized spacial score (nSPS) is 12.4. The van der Waals surface area contributed by atoms with Crippen LogP contribution in [0.1, 0.15) is 28.3 Å². The fraction of sp³-hybridized carbons (Fsp3) is 0.286. The lowest BCUT2D eigenvalue weighted by molar-refractivity contribution is 0.607. The number of aromatic nitrogens is 2. The Labute approximate surface area is 169 Å². The molecule has 5 N–H and O–H groups in total. The summed E-state index contributed by atoms with van der Waals surface area (Å²) in [7, 11) is 0. The summed E-state index contributed by atoms with van der Waals surface area (Å²) < 4.78 is 16.1. The van der Waals surface area contributed by atoms with E-state index in [4.69, 9.17) is 28.1 Å². The first-order valence-corrected chi connectivity index (χ1v) is 9.50. The van der Waals surface area contributed by atoms with Crippen molar-refractivity contribution in [3.8, 4) is 0 Å². The van der Waals surface area contributed by atoms with Crippen LogP contribution in [0, 0.1) is 19.7 Å². The summed E-state index contributed by atoms with van der Waals surface area (Å²) in [5.41, 5.74) is 16.5. The molecule has 7 heteroatoms. The van der Waals surface area contributed by atoms with Crippen molar-refractivity contribution in [2.75, 3.05) is 18.4 Å². The molecule has 0 amide bonds. The summed E-state index contributed by atoms with van der Waals surface area (Å²) in [6, 6.07) is 6.98. The van der Waals surface area contributed by atoms with Crippen molar-refractivity contribution in [3.05, 3.63) is 70.0 Å². The van der Waals surface area contributed by atoms with Crippen molar-refractivity contribution in [1.82, 2.24) is 9.55 Å². The summed E-state index contributed by atoms with van der Waals surface area (Å²) in [5, 5.41) is 3.83. The molecule has 0 bridgehead atoms. The van der Waals surface area contributed by atoms with E-state index in [9.17, 15) is 4.39 Å². The number of fused-ring (bicyclic) bond motifs is 1. The zero-order valence-corrected chi connectivity index (χ0v) is 16.9. The Balaban J connectivity index is 2.18. The SMILES string of the molecule is C=CC(N)c1cc(Cl)cc2c1nc(NCCN)n2Cc1cc(C)c(F)c(C)c1. The van der Waals surface area contributed by atoms with E-state index in [1.165, 1.54) is 0 Å². The molecule has 0 spiro atoms. The molecule has 0 saturated heterocycles. The van der Waals surface area contributed by atoms with Gasteiger partial charge in [0.05, 0.1) is 23.6 Å². The van der Waals surface area contributed by atoms with Gasteiger partial charge in [0.15, 0.2) is 0 Å². The second kappa shape index (κ2) is 8.31. The Hall–Kier alpha value is -2.41. The number of hydrogen-bond acceptors (Lipinski definition) is 4. The van der Waals surface area contributed by atoms with Crippen molar-refractivity contribution in [1.29, 1.82) is 0 Å². The Morgan fingerprint density at radius 2 is 1.96 bits per heavy atom. The predicted octanol–water partition coefficient (Wildman–Crippen LogP) is 4.05. The molecule has 1 unspecified atom stereocenters. The third-order valence-electron chi connectivity index (χ3n) is 4.73. The number of rotatable bonds is 7. The van der Waals surface area contributed by atoms with E-state index in [1.54, 1.807) is 19.9 Å². The van der Waals surface area contributed by atoms with Crippen LogP contribution in [-0.4, -0.2) is 22.6 Å². The molecule has 3 rings (SSSR count). The Bertz CT molecular complexity index is 1000. The van der Waals surface area contributed by atoms with Crippen LogP contribution in [0.5, 0.6) is 0 Å². The molecule has 28 heavy (non-hydrogen) atoms. The molecular formula is C21H25ClFN5. The van der Waals surface area contributed by atoms with Gasteiger partial charge < -0.3 is 21.4 Å². The number of halogens is 2. The van der Waals surface area contributed by atoms with Crippen molar-refractivity contribution in [2.45, 2.75) is 26.4 Å². The highest BCUT2D eigenvalue weighted by Gasteiger charge is 2.18. The van der Waals surface area contributed by atoms with Crippen LogP contribution in [0.2, 0.25) is 5.02 Å². The summed E-state index contributed by atoms with van der Waals surface area (Å²) in [4.78, 5) is 4.75. The topological polar surface area (TPSA) is 81.9 Å². The lowest BCUT2D eigenvalue weighted by Gasteiger charge is -2.13. The number of hydrogen-bond donors (Lipinski definition) is 3. The maximum Gasteiger partial charge on any atom is 0.204 e. The van der Waals surface area contributed by atoms with Gasteiger partial charge in [-0.3, -0.25) is 0 Å². The van der Waals surface area contributed by atoms with Crippen LogP contribution in [0.25, 0.3) is 11.0 Å². The molecule has 0 aliphatic heterocycles. The highest BCUT2D eigenvalue weighted by molar-refractivity contribution is 6.31. The zero-order valence-electron chi connectivity index (χ0n) is 16.1. The lowest BCUT2D eigenvalue weighted by atomic mass is 10.1. The van der Waals surface area contributed by atoms with Gasteiger partial charge in [-0.05, 0) is 42.7 Å². The van der Waals surface area contributed by atoms with Gasteiger partial charge in [0.25, 0.3) is 0 Å². The van der Waals surface area contributed by atoms with Crippen molar-refractivity contribution in [3.63, 3.8) is 0 Å². The van der Waals surface area contributed by atoms with Gasteiger partial charge in [-0.15, -0.1) is 6.58 Å². The van der Waals surface area contributed by atoms with E-state index in [2.05, 4.69) is 11.9 Å². The van der Waals surface area contributed by atoms with Crippen LogP contribution < -0.4 is 16.8 Å². The van der Waals surface area contributed by atoms with Crippen LogP contribution in [0.3, 0.4) is 0 Å². The monoisotopic (exact) mass is 401 g/mol. The number of nitrogens with one attached hydrogen (secondary N) is 1. The predicted molar refractivity (Wildman–Crippen MR) is 114 cm³/mol. The van der Waals surface area contributed by atoms with Crippen LogP contribution in [0.15, 0.2) is 36.9 Å². The molecule has 0 radical (unpaired) electrons. The van der Waals surface area contributed by atoms with Gasteiger partial charge in [-0.25, -0.2) is 9.37 Å². The Morgan fingerprint density at radius 3 is 2.57 bits per heavy atom. The van der Waals surface area contributed by atoms with Gasteiger partial charge in [0, 0.05) is 23.7 Å². The van der Waals surface area contributed by atoms with E-state index in [0.29, 0.717) is 41.7 Å². The minimum Gasteiger partial charge on any atom is -0.354 e. The third-order valence-corrected chi connectivity index (χ3v) is 4.94. The number of benzene rings is 2. The first-order valence-electron chi connectivity index (χ1n) is 9.13. The molecule has 0 aliphatic carbocycles. The van der Waals surface area contributed by atoms with Gasteiger partial charge in [-0.2, -0.15) is 0 Å². The fourth-order valence-corrected chi connectivity index (χ4v) is 3.60. The zero-order chi connectivity index (χ0) is 20.4. The van der Waals surface area contributed by atoms with E-state index < -0.39 is 0 Å². The Morgan fingerprint density at radius 1 is 1.29 bits per heavy atom. The summed E-state index contributed by atoms with van der Waals surface area (Å²) in [6.07, 6.45) is 1.66. The average molecular weight is 402 g/mol. The van der Waals surface area contributed by atoms with Gasteiger partial charge in [0.2, 0.25) is 5.95 Å². The molecule has 1 heterocycles. The fourth-order valence-electron chi connectivity index (χ4n) is 3.38. The summed E-state index contributed by atoms with van der Waals surface area (Å²) in [6.45, 7) is 8.86. The molecule has 1 atom stereocenters. The lowest BCUT2D eigenvalue weighted by Crippen LogP contribution is -2.16. The van der Waals surface area contributed by atoms with Crippen LogP contribution >= 0.6 is 11.6 Å². The van der Waals surface area contributed by atoms with Gasteiger partial charge in [0.1, 0.15) is 5.82 Å². The minimum atomic E-state index is -0.387. The second-order valence-corrected chi connectivity index (χ2v) is 7.34. The molecule has 148 valence electrons. The van der Waals surface area contributed by atoms with Crippen LogP contribution in [-0.2, 0) is 6.54 Å². The van der Waals surface area contributed by atoms with Crippen molar-refractivity contribution >= 4 is 28.6 Å². The first kappa shape index (κ1) is 20.3. The van der Waals surface area contributed by atoms with E-state index in [0.717, 1.165) is 22.2 Å². The smallest absolute Gasteiger partial charge is 0.204 e. The minimum absolute atomic E-state index is 0.178. The van der Waals surface area contributed by atoms with Gasteiger partial charge in [-0.1, -0.05) is 29.8 Å². The molecule has 5 nitrogen and oxygen atoms in total. The third kappa shape index (κ3) is 3.90. The largest absolute Gasteiger partial charge is 0.354 e. The molecule has 0 aliphatic rings. The number of imidazole rings is 1. The molecule has 3 aromatic rings. The van der Waals surface area contributed by atoms with E-state index >= 15 is 0 Å². The van der Waals surface area contributed by atoms with Gasteiger partial charge >= 0.3 is 0 Å². The van der Waals surface area contributed by atoms with E-state index in [-0.39, 0.29) is 11.9 Å². The van der Waals surface area contributed by atoms with Crippen molar-refractivity contribution < 1.29 is 4.39 Å². The summed E-state index contributed by atoms with van der Waals surface area (Å²) in [5.74, 6) is 0.489. The number of nitrogens with zero attached hydrogens (tertiary/aromatic N) is 2. The van der Waals surface area contributed by atoms with E-state index in [1.807, 2.05) is 28.8 Å². The highest BCUT2D eigenvalue weighted by Crippen LogP contribution is 2.31. The molecular weight excluding hydrogens is 377 g/mol. The number of nitrogens with two attached hydrogens (primary N) is 2. The molecule has 0 fully saturated rings. The maximum atomic E-state index is 14.0. The first-order chi connectivity index (χ1) is 13.3. The standard InChI is InChI=1S/C21H25ClFN5/c1-4-17(25)16-9-15(22)10-18-20(16)27-21(26-6-5-24)28(18)11-14-7-12(2)19(23)13(3)8-14/h4,7-10,17H,1,5-6,11,24-25H2,2-3H3,(H,26,27). The summed E-state index contributed by atoms with van der Waals surface area (Å²) >= 11 is 6.36. The average Bonchev–Trinajstić information content (AvgIpc) is 3.00. The van der Waals surface area contributed by atoms with Crippen LogP contribution in [0.4, 0.5) is 10.3 Å². The highest BCUT2D eigenvalue weighted by atomic mass is 35.5. The molecule has 2 aromatic carbocycles. The number of aryl methyl sites for hydroxylation is 2. The molecule has 0 saturated carbocycles. The quantitative estimate of drug-likeness (QED) is 0.521. The second-order valence-electron chi connectivity index (χ2n) is 6.90. The van der Waals surface area contributed by atoms with Crippen molar-refractivity contribution in [2.24, 2.45) is 11.5 Å². The Kier molecular flexibility index (Phi) is 6.03. The molecule has 1 aromatic heterocycles.